The highest BCUT2D eigenvalue weighted by Gasteiger charge is 2.33. The van der Waals surface area contributed by atoms with Crippen molar-refractivity contribution in [1.82, 2.24) is 9.88 Å². The van der Waals surface area contributed by atoms with Crippen molar-refractivity contribution < 1.29 is 4.79 Å². The molecular weight excluding hydrogens is 284 g/mol. The van der Waals surface area contributed by atoms with E-state index in [0.717, 1.165) is 37.6 Å². The van der Waals surface area contributed by atoms with E-state index in [1.807, 2.05) is 4.90 Å². The maximum absolute atomic E-state index is 12.8. The number of nitrogen functional groups attached to an aromatic ring is 1. The van der Waals surface area contributed by atoms with E-state index in [0.29, 0.717) is 22.7 Å². The predicted molar refractivity (Wildman–Crippen MR) is 89.0 cm³/mol. The van der Waals surface area contributed by atoms with Gasteiger partial charge in [-0.2, -0.15) is 0 Å². The number of thiazole rings is 1. The van der Waals surface area contributed by atoms with Crippen LogP contribution in [0.2, 0.25) is 0 Å². The fourth-order valence-electron chi connectivity index (χ4n) is 2.97. The van der Waals surface area contributed by atoms with E-state index in [9.17, 15) is 4.79 Å². The molecule has 0 bridgehead atoms. The van der Waals surface area contributed by atoms with Crippen molar-refractivity contribution in [3.8, 4) is 0 Å². The number of nitrogens with two attached hydrogens (primary N) is 1. The minimum Gasteiger partial charge on any atom is -0.382 e. The Bertz CT molecular complexity index is 496. The molecule has 1 atom stereocenters. The summed E-state index contributed by atoms with van der Waals surface area (Å²) in [4.78, 5) is 21.9. The third kappa shape index (κ3) is 3.15. The van der Waals surface area contributed by atoms with E-state index in [-0.39, 0.29) is 5.91 Å². The lowest BCUT2D eigenvalue weighted by Crippen LogP contribution is -2.38. The summed E-state index contributed by atoms with van der Waals surface area (Å²) in [5, 5.41) is 0.848. The van der Waals surface area contributed by atoms with Crippen molar-refractivity contribution in [1.29, 1.82) is 0 Å². The number of carbonyl (C=O) groups is 1. The Kier molecular flexibility index (Phi) is 5.08. The molecule has 2 rings (SSSR count). The first kappa shape index (κ1) is 16.1. The van der Waals surface area contributed by atoms with Crippen LogP contribution in [0.15, 0.2) is 0 Å². The topological polar surface area (TPSA) is 62.5 Å². The molecule has 21 heavy (non-hydrogen) atoms. The van der Waals surface area contributed by atoms with Crippen molar-refractivity contribution in [2.24, 2.45) is 5.92 Å². The second kappa shape index (κ2) is 6.64. The van der Waals surface area contributed by atoms with Gasteiger partial charge in [-0.25, -0.2) is 4.98 Å². The minimum absolute atomic E-state index is 0.0552. The van der Waals surface area contributed by atoms with E-state index >= 15 is 0 Å². The van der Waals surface area contributed by atoms with Gasteiger partial charge in [0.05, 0.1) is 0 Å². The molecule has 2 N–H and O–H groups in total. The smallest absolute Gasteiger partial charge is 0.268 e. The standard InChI is InChI=1S/C15H26N4OS/c1-5-18(6-2)15-17-13(16)12(21-15)14(20)19-9-7-8-11(19)10(3)4/h10-11H,5-9,16H2,1-4H3. The summed E-state index contributed by atoms with van der Waals surface area (Å²) >= 11 is 1.42. The molecule has 118 valence electrons. The number of amides is 1. The van der Waals surface area contributed by atoms with Crippen LogP contribution in [0.25, 0.3) is 0 Å². The molecule has 0 spiro atoms. The molecule has 1 unspecified atom stereocenters. The highest BCUT2D eigenvalue weighted by molar-refractivity contribution is 7.18. The Balaban J connectivity index is 2.23. The zero-order chi connectivity index (χ0) is 15.6. The Morgan fingerprint density at radius 2 is 2.14 bits per heavy atom. The highest BCUT2D eigenvalue weighted by Crippen LogP contribution is 2.32. The number of hydrogen-bond acceptors (Lipinski definition) is 5. The van der Waals surface area contributed by atoms with E-state index in [1.54, 1.807) is 0 Å². The summed E-state index contributed by atoms with van der Waals surface area (Å²) in [6, 6.07) is 0.330. The third-order valence-electron chi connectivity index (χ3n) is 4.20. The van der Waals surface area contributed by atoms with Crippen LogP contribution in [-0.4, -0.2) is 41.5 Å². The Labute approximate surface area is 131 Å². The maximum Gasteiger partial charge on any atom is 0.268 e. The van der Waals surface area contributed by atoms with Crippen LogP contribution in [0.5, 0.6) is 0 Å². The number of nitrogens with zero attached hydrogens (tertiary/aromatic N) is 3. The van der Waals surface area contributed by atoms with Gasteiger partial charge in [0.15, 0.2) is 5.13 Å². The molecular formula is C15H26N4OS. The van der Waals surface area contributed by atoms with Crippen LogP contribution in [0.3, 0.4) is 0 Å². The Morgan fingerprint density at radius 3 is 2.71 bits per heavy atom. The van der Waals surface area contributed by atoms with Gasteiger partial charge in [-0.15, -0.1) is 0 Å². The molecule has 0 aromatic carbocycles. The van der Waals surface area contributed by atoms with Gasteiger partial charge in [0.25, 0.3) is 5.91 Å². The molecule has 1 aliphatic heterocycles. The number of rotatable bonds is 5. The van der Waals surface area contributed by atoms with E-state index in [2.05, 4.69) is 37.6 Å². The first-order valence-corrected chi connectivity index (χ1v) is 8.63. The van der Waals surface area contributed by atoms with Gasteiger partial charge in [0.2, 0.25) is 0 Å². The lowest BCUT2D eigenvalue weighted by Gasteiger charge is -2.27. The number of hydrogen-bond donors (Lipinski definition) is 1. The molecule has 0 saturated carbocycles. The number of anilines is 2. The predicted octanol–water partition coefficient (Wildman–Crippen LogP) is 2.83. The quantitative estimate of drug-likeness (QED) is 0.908. The lowest BCUT2D eigenvalue weighted by atomic mass is 10.0. The summed E-state index contributed by atoms with van der Waals surface area (Å²) in [6.45, 7) is 11.1. The van der Waals surface area contributed by atoms with Gasteiger partial charge in [-0.1, -0.05) is 25.2 Å². The third-order valence-corrected chi connectivity index (χ3v) is 5.32. The van der Waals surface area contributed by atoms with Gasteiger partial charge < -0.3 is 15.5 Å². The Hall–Kier alpha value is -1.30. The van der Waals surface area contributed by atoms with Crippen molar-refractivity contribution in [3.63, 3.8) is 0 Å². The largest absolute Gasteiger partial charge is 0.382 e. The summed E-state index contributed by atoms with van der Waals surface area (Å²) < 4.78 is 0. The average molecular weight is 310 g/mol. The first-order valence-electron chi connectivity index (χ1n) is 7.81. The zero-order valence-corrected chi connectivity index (χ0v) is 14.2. The molecule has 1 aliphatic rings. The van der Waals surface area contributed by atoms with Gasteiger partial charge in [0.1, 0.15) is 10.7 Å². The fourth-order valence-corrected chi connectivity index (χ4v) is 4.04. The summed E-state index contributed by atoms with van der Waals surface area (Å²) in [5.74, 6) is 0.911. The van der Waals surface area contributed by atoms with Crippen LogP contribution in [0, 0.1) is 5.92 Å². The first-order chi connectivity index (χ1) is 9.99. The summed E-state index contributed by atoms with van der Waals surface area (Å²) in [7, 11) is 0. The monoisotopic (exact) mass is 310 g/mol. The molecule has 1 fully saturated rings. The van der Waals surface area contributed by atoms with Crippen LogP contribution in [-0.2, 0) is 0 Å². The molecule has 1 amide bonds. The minimum atomic E-state index is 0.0552. The number of likely N-dealkylation sites (tertiary alicyclic amines) is 1. The second-order valence-electron chi connectivity index (χ2n) is 5.84. The molecule has 1 aromatic heterocycles. The molecule has 0 aliphatic carbocycles. The molecule has 6 heteroatoms. The van der Waals surface area contributed by atoms with Crippen molar-refractivity contribution >= 4 is 28.2 Å². The van der Waals surface area contributed by atoms with Gasteiger partial charge in [-0.3, -0.25) is 4.79 Å². The van der Waals surface area contributed by atoms with E-state index < -0.39 is 0 Å². The molecule has 1 saturated heterocycles. The van der Waals surface area contributed by atoms with Crippen LogP contribution < -0.4 is 10.6 Å². The van der Waals surface area contributed by atoms with Gasteiger partial charge in [-0.05, 0) is 32.6 Å². The Morgan fingerprint density at radius 1 is 1.48 bits per heavy atom. The molecule has 2 heterocycles. The zero-order valence-electron chi connectivity index (χ0n) is 13.4. The number of aromatic nitrogens is 1. The molecule has 5 nitrogen and oxygen atoms in total. The van der Waals surface area contributed by atoms with Crippen LogP contribution in [0.1, 0.15) is 50.2 Å². The van der Waals surface area contributed by atoms with Gasteiger partial charge in [0, 0.05) is 25.7 Å². The average Bonchev–Trinajstić information content (AvgIpc) is 3.06. The van der Waals surface area contributed by atoms with Crippen LogP contribution in [0.4, 0.5) is 10.9 Å². The SMILES string of the molecule is CCN(CC)c1nc(N)c(C(=O)N2CCCC2C(C)C)s1. The van der Waals surface area contributed by atoms with Gasteiger partial charge >= 0.3 is 0 Å². The van der Waals surface area contributed by atoms with Crippen molar-refractivity contribution in [2.45, 2.75) is 46.6 Å². The van der Waals surface area contributed by atoms with E-state index in [4.69, 9.17) is 5.73 Å². The summed E-state index contributed by atoms with van der Waals surface area (Å²) in [5.41, 5.74) is 6.00. The summed E-state index contributed by atoms with van der Waals surface area (Å²) in [6.07, 6.45) is 2.17. The second-order valence-corrected chi connectivity index (χ2v) is 6.81. The normalized spacial score (nSPS) is 18.5. The molecule has 1 aromatic rings. The lowest BCUT2D eigenvalue weighted by molar-refractivity contribution is 0.0707. The van der Waals surface area contributed by atoms with Crippen LogP contribution >= 0.6 is 11.3 Å². The maximum atomic E-state index is 12.8. The molecule has 0 radical (unpaired) electrons. The highest BCUT2D eigenvalue weighted by atomic mass is 32.1. The van der Waals surface area contributed by atoms with E-state index in [1.165, 1.54) is 11.3 Å². The fraction of sp³-hybridized carbons (Fsp3) is 0.733. The van der Waals surface area contributed by atoms with Crippen molar-refractivity contribution in [3.05, 3.63) is 4.88 Å². The van der Waals surface area contributed by atoms with Crippen molar-refractivity contribution in [2.75, 3.05) is 30.3 Å². The number of carbonyl (C=O) groups excluding carboxylic acids is 1.